The van der Waals surface area contributed by atoms with Crippen LogP contribution in [-0.4, -0.2) is 34.2 Å². The maximum absolute atomic E-state index is 11.4. The molecule has 0 aliphatic rings. The highest BCUT2D eigenvalue weighted by molar-refractivity contribution is 7.71. The van der Waals surface area contributed by atoms with Crippen molar-refractivity contribution >= 4 is 24.4 Å². The highest BCUT2D eigenvalue weighted by atomic mass is 32.1. The number of rotatable bonds is 6. The Morgan fingerprint density at radius 2 is 2.18 bits per heavy atom. The van der Waals surface area contributed by atoms with E-state index in [1.165, 1.54) is 7.11 Å². The lowest BCUT2D eigenvalue weighted by Crippen LogP contribution is -2.01. The van der Waals surface area contributed by atoms with E-state index in [0.717, 1.165) is 30.7 Å². The second-order valence-electron chi connectivity index (χ2n) is 4.72. The quantitative estimate of drug-likeness (QED) is 0.505. The van der Waals surface area contributed by atoms with E-state index in [4.69, 9.17) is 12.2 Å². The summed E-state index contributed by atoms with van der Waals surface area (Å²) >= 11 is 5.18. The van der Waals surface area contributed by atoms with Gasteiger partial charge in [-0.05, 0) is 36.3 Å². The second-order valence-corrected chi connectivity index (χ2v) is 5.11. The molecule has 0 fully saturated rings. The predicted molar refractivity (Wildman–Crippen MR) is 86.8 cm³/mol. The number of carbonyl (C=O) groups excluding carboxylic acids is 1. The van der Waals surface area contributed by atoms with Crippen LogP contribution in [0.3, 0.4) is 0 Å². The molecule has 7 heteroatoms. The zero-order valence-corrected chi connectivity index (χ0v) is 13.4. The fraction of sp³-hybridized carbons (Fsp3) is 0.333. The summed E-state index contributed by atoms with van der Waals surface area (Å²) in [5.41, 5.74) is 1.36. The van der Waals surface area contributed by atoms with Crippen LogP contribution in [0.5, 0.6) is 0 Å². The van der Waals surface area contributed by atoms with Crippen LogP contribution in [0.15, 0.2) is 29.4 Å². The summed E-state index contributed by atoms with van der Waals surface area (Å²) in [4.78, 5) is 11.4. The number of H-pyrrole nitrogens is 1. The smallest absolute Gasteiger partial charge is 0.337 e. The maximum Gasteiger partial charge on any atom is 0.337 e. The molecule has 6 nitrogen and oxygen atoms in total. The molecule has 0 aliphatic heterocycles. The molecule has 1 aromatic heterocycles. The first-order valence-corrected chi connectivity index (χ1v) is 7.45. The Morgan fingerprint density at radius 1 is 1.45 bits per heavy atom. The van der Waals surface area contributed by atoms with Crippen molar-refractivity contribution in [2.24, 2.45) is 5.10 Å². The average Bonchev–Trinajstić information content (AvgIpc) is 2.90. The van der Waals surface area contributed by atoms with Crippen LogP contribution in [0.4, 0.5) is 0 Å². The van der Waals surface area contributed by atoms with Crippen LogP contribution in [0.2, 0.25) is 0 Å². The predicted octanol–water partition coefficient (Wildman–Crippen LogP) is 2.95. The number of aromatic amines is 1. The molecule has 2 rings (SSSR count). The minimum atomic E-state index is -0.359. The van der Waals surface area contributed by atoms with Gasteiger partial charge in [0, 0.05) is 6.42 Å². The Hall–Kier alpha value is -2.28. The van der Waals surface area contributed by atoms with Crippen LogP contribution in [0, 0.1) is 4.77 Å². The molecule has 0 unspecified atom stereocenters. The largest absolute Gasteiger partial charge is 0.465 e. The summed E-state index contributed by atoms with van der Waals surface area (Å²) in [5, 5.41) is 11.3. The van der Waals surface area contributed by atoms with Gasteiger partial charge in [-0.15, -0.1) is 0 Å². The molecule has 0 radical (unpaired) electrons. The molecule has 1 N–H and O–H groups in total. The number of benzene rings is 1. The van der Waals surface area contributed by atoms with Crippen molar-refractivity contribution in [3.05, 3.63) is 46.0 Å². The van der Waals surface area contributed by atoms with Gasteiger partial charge < -0.3 is 4.74 Å². The molecule has 116 valence electrons. The monoisotopic (exact) mass is 318 g/mol. The van der Waals surface area contributed by atoms with Gasteiger partial charge in [0.05, 0.1) is 18.9 Å². The zero-order chi connectivity index (χ0) is 15.9. The number of nitrogens with one attached hydrogen (secondary N) is 1. The summed E-state index contributed by atoms with van der Waals surface area (Å²) in [6.07, 6.45) is 4.62. The van der Waals surface area contributed by atoms with E-state index >= 15 is 0 Å². The molecule has 22 heavy (non-hydrogen) atoms. The number of aromatic nitrogens is 3. The van der Waals surface area contributed by atoms with E-state index in [2.05, 4.69) is 27.0 Å². The van der Waals surface area contributed by atoms with Gasteiger partial charge in [0.25, 0.3) is 0 Å². The molecule has 0 atom stereocenters. The summed E-state index contributed by atoms with van der Waals surface area (Å²) in [7, 11) is 1.36. The lowest BCUT2D eigenvalue weighted by Gasteiger charge is -2.01. The number of carbonyl (C=O) groups is 1. The summed E-state index contributed by atoms with van der Waals surface area (Å²) < 4.78 is 6.75. The molecule has 1 aromatic carbocycles. The number of methoxy groups -OCH3 is 1. The number of ether oxygens (including phenoxy) is 1. The first-order chi connectivity index (χ1) is 10.7. The zero-order valence-electron chi connectivity index (χ0n) is 12.6. The first kappa shape index (κ1) is 16.1. The van der Waals surface area contributed by atoms with Crippen LogP contribution < -0.4 is 0 Å². The average molecular weight is 318 g/mol. The van der Waals surface area contributed by atoms with Gasteiger partial charge in [0.2, 0.25) is 4.77 Å². The highest BCUT2D eigenvalue weighted by Gasteiger charge is 2.05. The number of unbranched alkanes of at least 4 members (excludes halogenated alkanes) is 1. The summed E-state index contributed by atoms with van der Waals surface area (Å²) in [6, 6.07) is 6.98. The van der Waals surface area contributed by atoms with Crippen molar-refractivity contribution in [3.63, 3.8) is 0 Å². The van der Waals surface area contributed by atoms with Gasteiger partial charge in [0.15, 0.2) is 5.82 Å². The van der Waals surface area contributed by atoms with Crippen molar-refractivity contribution in [1.82, 2.24) is 14.9 Å². The minimum absolute atomic E-state index is 0.359. The van der Waals surface area contributed by atoms with Crippen LogP contribution >= 0.6 is 12.2 Å². The van der Waals surface area contributed by atoms with E-state index in [-0.39, 0.29) is 5.97 Å². The highest BCUT2D eigenvalue weighted by Crippen LogP contribution is 2.06. The fourth-order valence-corrected chi connectivity index (χ4v) is 2.09. The molecule has 0 saturated carbocycles. The van der Waals surface area contributed by atoms with Gasteiger partial charge in [-0.2, -0.15) is 14.9 Å². The Labute approximate surface area is 133 Å². The van der Waals surface area contributed by atoms with E-state index in [0.29, 0.717) is 10.3 Å². The molecule has 1 heterocycles. The normalized spacial score (nSPS) is 11.0. The number of esters is 1. The van der Waals surface area contributed by atoms with Gasteiger partial charge >= 0.3 is 5.97 Å². The topological polar surface area (TPSA) is 72.3 Å². The summed E-state index contributed by atoms with van der Waals surface area (Å²) in [6.45, 7) is 2.12. The third kappa shape index (κ3) is 3.88. The summed E-state index contributed by atoms with van der Waals surface area (Å²) in [5.74, 6) is 0.455. The fourth-order valence-electron chi connectivity index (χ4n) is 1.89. The molecule has 2 aromatic rings. The molecular formula is C15H18N4O2S. The van der Waals surface area contributed by atoms with Gasteiger partial charge in [-0.3, -0.25) is 5.10 Å². The van der Waals surface area contributed by atoms with Crippen molar-refractivity contribution in [1.29, 1.82) is 0 Å². The Kier molecular flexibility index (Phi) is 5.60. The molecule has 0 spiro atoms. The van der Waals surface area contributed by atoms with Gasteiger partial charge in [0.1, 0.15) is 0 Å². The lowest BCUT2D eigenvalue weighted by atomic mass is 10.1. The van der Waals surface area contributed by atoms with Crippen LogP contribution in [-0.2, 0) is 11.2 Å². The van der Waals surface area contributed by atoms with Crippen molar-refractivity contribution in [3.8, 4) is 0 Å². The van der Waals surface area contributed by atoms with Gasteiger partial charge in [-0.1, -0.05) is 25.5 Å². The van der Waals surface area contributed by atoms with Crippen molar-refractivity contribution in [2.45, 2.75) is 26.2 Å². The van der Waals surface area contributed by atoms with Crippen LogP contribution in [0.25, 0.3) is 0 Å². The van der Waals surface area contributed by atoms with E-state index in [9.17, 15) is 4.79 Å². The Morgan fingerprint density at radius 3 is 2.82 bits per heavy atom. The maximum atomic E-state index is 11.4. The van der Waals surface area contributed by atoms with E-state index in [1.54, 1.807) is 35.2 Å². The molecular weight excluding hydrogens is 300 g/mol. The minimum Gasteiger partial charge on any atom is -0.465 e. The SMILES string of the molecule is CCCCc1n[nH]c(=S)n1/N=C/c1ccc(C(=O)OC)cc1. The number of nitrogens with zero attached hydrogens (tertiary/aromatic N) is 3. The molecule has 0 amide bonds. The van der Waals surface area contributed by atoms with Crippen LogP contribution in [0.1, 0.15) is 41.5 Å². The number of hydrogen-bond acceptors (Lipinski definition) is 5. The molecule has 0 aliphatic carbocycles. The first-order valence-electron chi connectivity index (χ1n) is 7.04. The van der Waals surface area contributed by atoms with E-state index in [1.807, 2.05) is 0 Å². The van der Waals surface area contributed by atoms with Crippen molar-refractivity contribution in [2.75, 3.05) is 7.11 Å². The third-order valence-electron chi connectivity index (χ3n) is 3.13. The van der Waals surface area contributed by atoms with Crippen molar-refractivity contribution < 1.29 is 9.53 Å². The number of aryl methyl sites for hydroxylation is 1. The Bertz CT molecular complexity index is 716. The van der Waals surface area contributed by atoms with E-state index < -0.39 is 0 Å². The standard InChI is InChI=1S/C15H18N4O2S/c1-3-4-5-13-17-18-15(22)19(13)16-10-11-6-8-12(9-7-11)14(20)21-2/h6-10H,3-5H2,1-2H3,(H,18,22)/b16-10+. The molecule has 0 saturated heterocycles. The molecule has 0 bridgehead atoms. The number of hydrogen-bond donors (Lipinski definition) is 1. The third-order valence-corrected chi connectivity index (χ3v) is 3.39. The second kappa shape index (κ2) is 7.65. The van der Waals surface area contributed by atoms with Gasteiger partial charge in [-0.25, -0.2) is 4.79 Å². The Balaban J connectivity index is 2.16. The lowest BCUT2D eigenvalue weighted by molar-refractivity contribution is 0.0600.